The monoisotopic (exact) mass is 208 g/mol. The summed E-state index contributed by atoms with van der Waals surface area (Å²) in [5.41, 5.74) is 1.64. The van der Waals surface area contributed by atoms with E-state index in [-0.39, 0.29) is 5.97 Å². The number of ether oxygens (including phenoxy) is 2. The van der Waals surface area contributed by atoms with Crippen LogP contribution in [0.1, 0.15) is 22.8 Å². The Bertz CT molecular complexity index is 320. The molecular weight excluding hydrogens is 192 g/mol. The molecule has 0 bridgehead atoms. The molecule has 1 aromatic rings. The summed E-state index contributed by atoms with van der Waals surface area (Å²) in [7, 11) is 0. The molecule has 0 saturated heterocycles. The molecule has 1 rings (SSSR count). The fraction of sp³-hybridized carbons (Fsp3) is 0.417. The van der Waals surface area contributed by atoms with Crippen LogP contribution >= 0.6 is 0 Å². The van der Waals surface area contributed by atoms with Gasteiger partial charge >= 0.3 is 5.97 Å². The molecule has 0 unspecified atom stereocenters. The molecule has 0 radical (unpaired) electrons. The molecule has 0 saturated carbocycles. The molecular formula is C12H16O3. The van der Waals surface area contributed by atoms with Crippen molar-refractivity contribution >= 4 is 5.97 Å². The van der Waals surface area contributed by atoms with Crippen molar-refractivity contribution in [2.24, 2.45) is 0 Å². The van der Waals surface area contributed by atoms with E-state index in [1.54, 1.807) is 6.07 Å². The number of carbonyl (C=O) groups is 1. The van der Waals surface area contributed by atoms with Crippen LogP contribution in [0.3, 0.4) is 0 Å². The lowest BCUT2D eigenvalue weighted by Gasteiger charge is -2.05. The zero-order valence-electron chi connectivity index (χ0n) is 9.16. The maximum absolute atomic E-state index is 11.5. The van der Waals surface area contributed by atoms with Crippen LogP contribution in [0.25, 0.3) is 0 Å². The summed E-state index contributed by atoms with van der Waals surface area (Å²) in [6.07, 6.45) is 0. The average molecular weight is 208 g/mol. The van der Waals surface area contributed by atoms with Gasteiger partial charge in [0.05, 0.1) is 12.2 Å². The predicted molar refractivity (Wildman–Crippen MR) is 58.0 cm³/mol. The summed E-state index contributed by atoms with van der Waals surface area (Å²) in [6.45, 7) is 5.25. The quantitative estimate of drug-likeness (QED) is 0.549. The Hall–Kier alpha value is -1.35. The van der Waals surface area contributed by atoms with Gasteiger partial charge in [0.15, 0.2) is 0 Å². The third-order valence-corrected chi connectivity index (χ3v) is 1.92. The van der Waals surface area contributed by atoms with Crippen LogP contribution < -0.4 is 0 Å². The molecule has 15 heavy (non-hydrogen) atoms. The Morgan fingerprint density at radius 1 is 1.33 bits per heavy atom. The molecule has 0 amide bonds. The van der Waals surface area contributed by atoms with Crippen LogP contribution in [0.4, 0.5) is 0 Å². The lowest BCUT2D eigenvalue weighted by Crippen LogP contribution is -2.10. The van der Waals surface area contributed by atoms with Crippen molar-refractivity contribution in [1.29, 1.82) is 0 Å². The van der Waals surface area contributed by atoms with E-state index in [0.717, 1.165) is 5.56 Å². The first-order valence-electron chi connectivity index (χ1n) is 5.05. The van der Waals surface area contributed by atoms with Gasteiger partial charge in [-0.3, -0.25) is 0 Å². The number of carbonyl (C=O) groups excluding carboxylic acids is 1. The number of aryl methyl sites for hydroxylation is 1. The molecule has 0 aliphatic rings. The second kappa shape index (κ2) is 6.19. The Labute approximate surface area is 90.0 Å². The van der Waals surface area contributed by atoms with E-state index < -0.39 is 0 Å². The number of hydrogen-bond donors (Lipinski definition) is 0. The molecule has 0 N–H and O–H groups in total. The lowest BCUT2D eigenvalue weighted by atomic mass is 10.1. The van der Waals surface area contributed by atoms with Crippen molar-refractivity contribution in [2.75, 3.05) is 19.8 Å². The topological polar surface area (TPSA) is 35.5 Å². The highest BCUT2D eigenvalue weighted by molar-refractivity contribution is 5.89. The van der Waals surface area contributed by atoms with Crippen LogP contribution in [-0.2, 0) is 9.47 Å². The van der Waals surface area contributed by atoms with E-state index in [2.05, 4.69) is 0 Å². The largest absolute Gasteiger partial charge is 0.460 e. The highest BCUT2D eigenvalue weighted by Gasteiger charge is 2.05. The van der Waals surface area contributed by atoms with Gasteiger partial charge in [-0.2, -0.15) is 0 Å². The van der Waals surface area contributed by atoms with Crippen molar-refractivity contribution in [3.8, 4) is 0 Å². The fourth-order valence-corrected chi connectivity index (χ4v) is 1.19. The summed E-state index contributed by atoms with van der Waals surface area (Å²) < 4.78 is 10.1. The normalized spacial score (nSPS) is 10.0. The van der Waals surface area contributed by atoms with E-state index in [4.69, 9.17) is 9.47 Å². The van der Waals surface area contributed by atoms with Crippen molar-refractivity contribution in [3.63, 3.8) is 0 Å². The molecule has 0 atom stereocenters. The van der Waals surface area contributed by atoms with Gasteiger partial charge in [0.25, 0.3) is 0 Å². The van der Waals surface area contributed by atoms with Crippen molar-refractivity contribution in [2.45, 2.75) is 13.8 Å². The minimum atomic E-state index is -0.293. The summed E-state index contributed by atoms with van der Waals surface area (Å²) in [4.78, 5) is 11.5. The van der Waals surface area contributed by atoms with Crippen LogP contribution in [0.5, 0.6) is 0 Å². The van der Waals surface area contributed by atoms with Gasteiger partial charge in [-0.25, -0.2) is 4.79 Å². The van der Waals surface area contributed by atoms with Gasteiger partial charge in [0.1, 0.15) is 6.61 Å². The van der Waals surface area contributed by atoms with Gasteiger partial charge < -0.3 is 9.47 Å². The van der Waals surface area contributed by atoms with Crippen LogP contribution in [0.15, 0.2) is 24.3 Å². The SMILES string of the molecule is CCOCCOC(=O)c1cccc(C)c1. The van der Waals surface area contributed by atoms with Crippen molar-refractivity contribution < 1.29 is 14.3 Å². The van der Waals surface area contributed by atoms with Crippen molar-refractivity contribution in [1.82, 2.24) is 0 Å². The summed E-state index contributed by atoms with van der Waals surface area (Å²) in [5, 5.41) is 0. The van der Waals surface area contributed by atoms with Gasteiger partial charge in [0, 0.05) is 6.61 Å². The standard InChI is InChI=1S/C12H16O3/c1-3-14-7-8-15-12(13)11-6-4-5-10(2)9-11/h4-6,9H,3,7-8H2,1-2H3. The minimum absolute atomic E-state index is 0.293. The Morgan fingerprint density at radius 2 is 2.13 bits per heavy atom. The smallest absolute Gasteiger partial charge is 0.338 e. The Kier molecular flexibility index (Phi) is 4.84. The third kappa shape index (κ3) is 4.13. The zero-order chi connectivity index (χ0) is 11.1. The molecule has 82 valence electrons. The zero-order valence-corrected chi connectivity index (χ0v) is 9.16. The number of rotatable bonds is 5. The van der Waals surface area contributed by atoms with E-state index in [1.165, 1.54) is 0 Å². The van der Waals surface area contributed by atoms with Crippen LogP contribution in [-0.4, -0.2) is 25.8 Å². The fourth-order valence-electron chi connectivity index (χ4n) is 1.19. The molecule has 0 heterocycles. The Balaban J connectivity index is 2.40. The average Bonchev–Trinajstić information content (AvgIpc) is 2.24. The van der Waals surface area contributed by atoms with E-state index in [1.807, 2.05) is 32.0 Å². The summed E-state index contributed by atoms with van der Waals surface area (Å²) in [6, 6.07) is 7.34. The second-order valence-electron chi connectivity index (χ2n) is 3.20. The summed E-state index contributed by atoms with van der Waals surface area (Å²) >= 11 is 0. The first kappa shape index (κ1) is 11.7. The molecule has 0 aliphatic heterocycles. The molecule has 0 fully saturated rings. The molecule has 1 aromatic carbocycles. The minimum Gasteiger partial charge on any atom is -0.460 e. The first-order valence-corrected chi connectivity index (χ1v) is 5.05. The number of hydrogen-bond acceptors (Lipinski definition) is 3. The van der Waals surface area contributed by atoms with Gasteiger partial charge in [-0.1, -0.05) is 17.7 Å². The lowest BCUT2D eigenvalue weighted by molar-refractivity contribution is 0.0335. The highest BCUT2D eigenvalue weighted by atomic mass is 16.6. The molecule has 3 nitrogen and oxygen atoms in total. The predicted octanol–water partition coefficient (Wildman–Crippen LogP) is 2.19. The number of benzene rings is 1. The van der Waals surface area contributed by atoms with E-state index in [9.17, 15) is 4.79 Å². The maximum atomic E-state index is 11.5. The van der Waals surface area contributed by atoms with Gasteiger partial charge in [-0.05, 0) is 26.0 Å². The van der Waals surface area contributed by atoms with Crippen molar-refractivity contribution in [3.05, 3.63) is 35.4 Å². The van der Waals surface area contributed by atoms with E-state index in [0.29, 0.717) is 25.4 Å². The molecule has 0 spiro atoms. The third-order valence-electron chi connectivity index (χ3n) is 1.92. The maximum Gasteiger partial charge on any atom is 0.338 e. The van der Waals surface area contributed by atoms with Crippen LogP contribution in [0, 0.1) is 6.92 Å². The van der Waals surface area contributed by atoms with E-state index >= 15 is 0 Å². The Morgan fingerprint density at radius 3 is 2.80 bits per heavy atom. The summed E-state index contributed by atoms with van der Waals surface area (Å²) in [5.74, 6) is -0.293. The molecule has 0 aromatic heterocycles. The van der Waals surface area contributed by atoms with Gasteiger partial charge in [0.2, 0.25) is 0 Å². The van der Waals surface area contributed by atoms with Gasteiger partial charge in [-0.15, -0.1) is 0 Å². The first-order chi connectivity index (χ1) is 7.24. The van der Waals surface area contributed by atoms with Crippen LogP contribution in [0.2, 0.25) is 0 Å². The highest BCUT2D eigenvalue weighted by Crippen LogP contribution is 2.05. The molecule has 0 aliphatic carbocycles. The molecule has 3 heteroatoms. The number of esters is 1. The second-order valence-corrected chi connectivity index (χ2v) is 3.20.